The van der Waals surface area contributed by atoms with Gasteiger partial charge in [-0.2, -0.15) is 0 Å². The summed E-state index contributed by atoms with van der Waals surface area (Å²) in [5.41, 5.74) is 1.66. The zero-order valence-corrected chi connectivity index (χ0v) is 30.2. The molecule has 272 valence electrons. The topological polar surface area (TPSA) is 146 Å². The Morgan fingerprint density at radius 1 is 0.800 bits per heavy atom. The van der Waals surface area contributed by atoms with Crippen LogP contribution in [0.2, 0.25) is 0 Å². The van der Waals surface area contributed by atoms with E-state index in [4.69, 9.17) is 4.74 Å². The Balaban J connectivity index is 1.79. The van der Waals surface area contributed by atoms with E-state index in [9.17, 15) is 24.3 Å². The van der Waals surface area contributed by atoms with Gasteiger partial charge in [-0.25, -0.2) is 4.79 Å². The minimum atomic E-state index is -1.11. The van der Waals surface area contributed by atoms with E-state index in [1.165, 1.54) is 0 Å². The summed E-state index contributed by atoms with van der Waals surface area (Å²) in [6, 6.07) is 20.2. The molecule has 0 heterocycles. The van der Waals surface area contributed by atoms with Gasteiger partial charge in [0.15, 0.2) is 0 Å². The van der Waals surface area contributed by atoms with Crippen molar-refractivity contribution >= 4 is 34.6 Å². The fraction of sp³-hybridized carbons (Fsp3) is 0.500. The summed E-state index contributed by atoms with van der Waals surface area (Å²) >= 11 is 0. The maximum absolute atomic E-state index is 14.0. The summed E-state index contributed by atoms with van der Waals surface area (Å²) in [6.45, 7) is 10.6. The van der Waals surface area contributed by atoms with Crippen LogP contribution in [-0.4, -0.2) is 59.7 Å². The molecule has 3 aromatic carbocycles. The fourth-order valence-corrected chi connectivity index (χ4v) is 5.70. The Morgan fingerprint density at radius 3 is 2.18 bits per heavy atom. The molecule has 0 aromatic heterocycles. The van der Waals surface area contributed by atoms with Crippen molar-refractivity contribution in [3.8, 4) is 0 Å². The Bertz CT molecular complexity index is 1510. The van der Waals surface area contributed by atoms with Crippen molar-refractivity contribution in [3.63, 3.8) is 0 Å². The zero-order chi connectivity index (χ0) is 36.5. The number of carbonyl (C=O) groups is 4. The van der Waals surface area contributed by atoms with E-state index in [2.05, 4.69) is 21.3 Å². The lowest BCUT2D eigenvalue weighted by Crippen LogP contribution is -2.57. The molecule has 5 atom stereocenters. The molecule has 0 radical (unpaired) electrons. The van der Waals surface area contributed by atoms with Crippen molar-refractivity contribution in [2.75, 3.05) is 6.54 Å². The molecular formula is C40H56N4O6. The number of rotatable bonds is 20. The number of carbonyl (C=O) groups excluding carboxylic acids is 4. The summed E-state index contributed by atoms with van der Waals surface area (Å²) in [5, 5.41) is 24.5. The number of hydrogen-bond donors (Lipinski definition) is 5. The maximum Gasteiger partial charge on any atom is 0.408 e. The smallest absolute Gasteiger partial charge is 0.408 e. The molecule has 0 fully saturated rings. The van der Waals surface area contributed by atoms with Crippen LogP contribution in [0.5, 0.6) is 0 Å². The molecule has 10 nitrogen and oxygen atoms in total. The quantitative estimate of drug-likeness (QED) is 0.102. The normalized spacial score (nSPS) is 14.2. The lowest BCUT2D eigenvalue weighted by atomic mass is 9.96. The molecule has 4 amide bonds. The first-order chi connectivity index (χ1) is 24.0. The highest BCUT2D eigenvalue weighted by atomic mass is 16.5. The van der Waals surface area contributed by atoms with Gasteiger partial charge in [-0.05, 0) is 46.6 Å². The molecule has 0 aliphatic carbocycles. The van der Waals surface area contributed by atoms with Gasteiger partial charge in [0, 0.05) is 13.0 Å². The first-order valence-corrected chi connectivity index (χ1v) is 18.0. The summed E-state index contributed by atoms with van der Waals surface area (Å²) in [4.78, 5) is 53.5. The number of ether oxygens (including phenoxy) is 1. The van der Waals surface area contributed by atoms with Crippen molar-refractivity contribution in [1.82, 2.24) is 21.3 Å². The molecule has 3 aromatic rings. The van der Waals surface area contributed by atoms with Crippen LogP contribution in [0.15, 0.2) is 72.8 Å². The second kappa shape index (κ2) is 20.9. The van der Waals surface area contributed by atoms with Crippen molar-refractivity contribution in [2.45, 2.75) is 110 Å². The van der Waals surface area contributed by atoms with Gasteiger partial charge in [0.05, 0.1) is 18.6 Å². The third kappa shape index (κ3) is 13.5. The highest BCUT2D eigenvalue weighted by Crippen LogP contribution is 2.20. The molecule has 0 saturated carbocycles. The molecule has 0 spiro atoms. The standard InChI is InChI=1S/C40H56N4O6/c1-6-8-21-33(38(47)43-34(22-27(3)4)36(45)24-37(46)41-25-28(5)7-2)42-39(48)35(44-40(49)50-26-29-15-10-9-11-16-29)23-31-19-14-18-30-17-12-13-20-32(30)31/h9-20,27-28,33-36,45H,6-8,21-26H2,1-5H3,(H,41,46)(H,42,48)(H,43,47)(H,44,49)/t28?,33-,34-,35-,36-/m0/s1. The number of fused-ring (bicyclic) bond motifs is 1. The molecule has 0 aliphatic rings. The van der Waals surface area contributed by atoms with Crippen molar-refractivity contribution in [2.24, 2.45) is 11.8 Å². The van der Waals surface area contributed by atoms with Crippen LogP contribution in [0.3, 0.4) is 0 Å². The van der Waals surface area contributed by atoms with Crippen LogP contribution in [0.1, 0.15) is 84.3 Å². The molecule has 5 N–H and O–H groups in total. The van der Waals surface area contributed by atoms with Crippen molar-refractivity contribution < 1.29 is 29.0 Å². The van der Waals surface area contributed by atoms with Gasteiger partial charge in [0.1, 0.15) is 18.7 Å². The van der Waals surface area contributed by atoms with Gasteiger partial charge in [-0.3, -0.25) is 14.4 Å². The second-order valence-electron chi connectivity index (χ2n) is 13.6. The van der Waals surface area contributed by atoms with E-state index in [1.54, 1.807) is 0 Å². The number of alkyl carbamates (subject to hydrolysis) is 1. The molecule has 0 bridgehead atoms. The van der Waals surface area contributed by atoms with Crippen LogP contribution in [-0.2, 0) is 32.1 Å². The number of aliphatic hydroxyl groups excluding tert-OH is 1. The Hall–Kier alpha value is -4.44. The molecular weight excluding hydrogens is 632 g/mol. The highest BCUT2D eigenvalue weighted by molar-refractivity contribution is 5.92. The average Bonchev–Trinajstić information content (AvgIpc) is 3.11. The van der Waals surface area contributed by atoms with Crippen molar-refractivity contribution in [1.29, 1.82) is 0 Å². The van der Waals surface area contributed by atoms with Gasteiger partial charge in [-0.15, -0.1) is 0 Å². The predicted octanol–water partition coefficient (Wildman–Crippen LogP) is 5.80. The zero-order valence-electron chi connectivity index (χ0n) is 30.2. The Morgan fingerprint density at radius 2 is 1.48 bits per heavy atom. The van der Waals surface area contributed by atoms with Gasteiger partial charge >= 0.3 is 6.09 Å². The molecule has 3 rings (SSSR count). The summed E-state index contributed by atoms with van der Waals surface area (Å²) < 4.78 is 5.47. The van der Waals surface area contributed by atoms with E-state index in [-0.39, 0.29) is 31.3 Å². The molecule has 50 heavy (non-hydrogen) atoms. The highest BCUT2D eigenvalue weighted by Gasteiger charge is 2.31. The van der Waals surface area contributed by atoms with E-state index in [0.29, 0.717) is 31.7 Å². The first kappa shape index (κ1) is 40.0. The Kier molecular flexibility index (Phi) is 16.7. The van der Waals surface area contributed by atoms with Crippen LogP contribution >= 0.6 is 0 Å². The largest absolute Gasteiger partial charge is 0.445 e. The van der Waals surface area contributed by atoms with Gasteiger partial charge in [-0.1, -0.05) is 127 Å². The number of benzene rings is 3. The SMILES string of the molecule is CCCC[C@H](NC(=O)[C@H](Cc1cccc2ccccc12)NC(=O)OCc1ccccc1)C(=O)N[C@@H](CC(C)C)[C@@H](O)CC(=O)NCC(C)CC. The lowest BCUT2D eigenvalue weighted by molar-refractivity contribution is -0.131. The fourth-order valence-electron chi connectivity index (χ4n) is 5.70. The third-order valence-corrected chi connectivity index (χ3v) is 8.86. The summed E-state index contributed by atoms with van der Waals surface area (Å²) in [6.07, 6.45) is 1.32. The minimum absolute atomic E-state index is 0.0338. The van der Waals surface area contributed by atoms with Gasteiger partial charge < -0.3 is 31.1 Å². The number of hydrogen-bond acceptors (Lipinski definition) is 6. The number of aliphatic hydroxyl groups is 1. The maximum atomic E-state index is 14.0. The average molecular weight is 689 g/mol. The minimum Gasteiger partial charge on any atom is -0.445 e. The van der Waals surface area contributed by atoms with Crippen molar-refractivity contribution in [3.05, 3.63) is 83.9 Å². The predicted molar refractivity (Wildman–Crippen MR) is 197 cm³/mol. The monoisotopic (exact) mass is 688 g/mol. The molecule has 1 unspecified atom stereocenters. The van der Waals surface area contributed by atoms with Crippen LogP contribution in [0, 0.1) is 11.8 Å². The summed E-state index contributed by atoms with van der Waals surface area (Å²) in [5.74, 6) is -0.825. The van der Waals surface area contributed by atoms with Gasteiger partial charge in [0.2, 0.25) is 17.7 Å². The van der Waals surface area contributed by atoms with E-state index in [0.717, 1.165) is 34.7 Å². The van der Waals surface area contributed by atoms with Gasteiger partial charge in [0.25, 0.3) is 0 Å². The lowest BCUT2D eigenvalue weighted by Gasteiger charge is -2.29. The molecule has 0 aliphatic heterocycles. The number of amides is 4. The van der Waals surface area contributed by atoms with E-state index in [1.807, 2.05) is 107 Å². The number of unbranched alkanes of at least 4 members (excludes halogenated alkanes) is 1. The molecule has 0 saturated heterocycles. The third-order valence-electron chi connectivity index (χ3n) is 8.86. The Labute approximate surface area is 297 Å². The van der Waals surface area contributed by atoms with Crippen LogP contribution < -0.4 is 21.3 Å². The van der Waals surface area contributed by atoms with Crippen LogP contribution in [0.25, 0.3) is 10.8 Å². The van der Waals surface area contributed by atoms with E-state index >= 15 is 0 Å². The molecule has 10 heteroatoms. The first-order valence-electron chi connectivity index (χ1n) is 18.0. The second-order valence-corrected chi connectivity index (χ2v) is 13.6. The van der Waals surface area contributed by atoms with Crippen LogP contribution in [0.4, 0.5) is 4.79 Å². The number of nitrogens with one attached hydrogen (secondary N) is 4. The summed E-state index contributed by atoms with van der Waals surface area (Å²) in [7, 11) is 0. The van der Waals surface area contributed by atoms with E-state index < -0.39 is 42.1 Å².